The maximum Gasteiger partial charge on any atom is 0.138 e. The molecule has 4 nitrogen and oxygen atoms in total. The molecule has 1 aliphatic rings. The van der Waals surface area contributed by atoms with Gasteiger partial charge in [-0.3, -0.25) is 4.90 Å². The molecule has 1 aliphatic heterocycles. The number of likely N-dealkylation sites (tertiary alicyclic amines) is 1. The van der Waals surface area contributed by atoms with Gasteiger partial charge < -0.3 is 9.63 Å². The molecule has 0 amide bonds. The first-order valence-corrected chi connectivity index (χ1v) is 7.14. The van der Waals surface area contributed by atoms with Gasteiger partial charge >= 0.3 is 0 Å². The average molecular weight is 290 g/mol. The van der Waals surface area contributed by atoms with E-state index in [0.29, 0.717) is 19.5 Å². The van der Waals surface area contributed by atoms with Crippen LogP contribution in [0.5, 0.6) is 0 Å². The van der Waals surface area contributed by atoms with Crippen LogP contribution in [0.15, 0.2) is 28.8 Å². The summed E-state index contributed by atoms with van der Waals surface area (Å²) in [5.74, 6) is 0.571. The van der Waals surface area contributed by atoms with Crippen molar-refractivity contribution in [2.24, 2.45) is 0 Å². The average Bonchev–Trinajstić information content (AvgIpc) is 2.97. The van der Waals surface area contributed by atoms with Gasteiger partial charge in [0.15, 0.2) is 0 Å². The zero-order chi connectivity index (χ0) is 15.0. The Kier molecular flexibility index (Phi) is 3.78. The Hall–Kier alpha value is -1.72. The van der Waals surface area contributed by atoms with E-state index < -0.39 is 0 Å². The number of benzene rings is 1. The van der Waals surface area contributed by atoms with Gasteiger partial charge in [-0.25, -0.2) is 4.39 Å². The topological polar surface area (TPSA) is 49.5 Å². The van der Waals surface area contributed by atoms with E-state index in [1.54, 1.807) is 12.1 Å². The van der Waals surface area contributed by atoms with Crippen molar-refractivity contribution in [1.29, 1.82) is 0 Å². The van der Waals surface area contributed by atoms with Crippen LogP contribution in [0, 0.1) is 19.7 Å². The van der Waals surface area contributed by atoms with Gasteiger partial charge in [-0.2, -0.15) is 0 Å². The summed E-state index contributed by atoms with van der Waals surface area (Å²) < 4.78 is 18.3. The zero-order valence-electron chi connectivity index (χ0n) is 12.2. The summed E-state index contributed by atoms with van der Waals surface area (Å²) in [6.45, 7) is 5.10. The third-order valence-corrected chi connectivity index (χ3v) is 4.18. The van der Waals surface area contributed by atoms with Gasteiger partial charge in [-0.1, -0.05) is 17.3 Å². The van der Waals surface area contributed by atoms with Gasteiger partial charge in [-0.15, -0.1) is 0 Å². The number of halogens is 1. The minimum Gasteiger partial charge on any atom is -0.392 e. The maximum absolute atomic E-state index is 13.1. The van der Waals surface area contributed by atoms with Gasteiger partial charge in [-0.05, 0) is 38.0 Å². The van der Waals surface area contributed by atoms with Gasteiger partial charge in [0.25, 0.3) is 0 Å². The number of hydrogen-bond acceptors (Lipinski definition) is 4. The number of nitrogens with zero attached hydrogens (tertiary/aromatic N) is 2. The first-order chi connectivity index (χ1) is 10.0. The largest absolute Gasteiger partial charge is 0.392 e. The molecule has 3 rings (SSSR count). The van der Waals surface area contributed by atoms with Crippen molar-refractivity contribution in [3.05, 3.63) is 52.7 Å². The quantitative estimate of drug-likeness (QED) is 0.944. The zero-order valence-corrected chi connectivity index (χ0v) is 12.2. The van der Waals surface area contributed by atoms with Crippen molar-refractivity contribution in [2.45, 2.75) is 39.0 Å². The van der Waals surface area contributed by atoms with E-state index in [1.807, 2.05) is 13.8 Å². The molecular weight excluding hydrogens is 271 g/mol. The first-order valence-electron chi connectivity index (χ1n) is 7.14. The molecule has 0 spiro atoms. The molecule has 21 heavy (non-hydrogen) atoms. The van der Waals surface area contributed by atoms with Crippen molar-refractivity contribution in [2.75, 3.05) is 6.54 Å². The Morgan fingerprint density at radius 3 is 2.67 bits per heavy atom. The highest BCUT2D eigenvalue weighted by atomic mass is 19.1. The molecule has 2 atom stereocenters. The van der Waals surface area contributed by atoms with E-state index in [4.69, 9.17) is 4.52 Å². The predicted octanol–water partition coefficient (Wildman–Crippen LogP) is 2.74. The third-order valence-electron chi connectivity index (χ3n) is 4.18. The van der Waals surface area contributed by atoms with Gasteiger partial charge in [0.2, 0.25) is 0 Å². The molecule has 1 fully saturated rings. The number of aliphatic hydroxyl groups excluding tert-OH is 1. The summed E-state index contributed by atoms with van der Waals surface area (Å²) in [6, 6.07) is 6.60. The summed E-state index contributed by atoms with van der Waals surface area (Å²) in [5, 5.41) is 14.0. The highest BCUT2D eigenvalue weighted by Crippen LogP contribution is 2.34. The van der Waals surface area contributed by atoms with Crippen LogP contribution < -0.4 is 0 Å². The fraction of sp³-hybridized carbons (Fsp3) is 0.438. The number of aromatic nitrogens is 1. The first kappa shape index (κ1) is 14.2. The lowest BCUT2D eigenvalue weighted by molar-refractivity contribution is 0.172. The van der Waals surface area contributed by atoms with Gasteiger partial charge in [0, 0.05) is 24.7 Å². The van der Waals surface area contributed by atoms with Crippen LogP contribution in [0.3, 0.4) is 0 Å². The van der Waals surface area contributed by atoms with Crippen LogP contribution in [-0.4, -0.2) is 27.8 Å². The Morgan fingerprint density at radius 1 is 1.33 bits per heavy atom. The SMILES string of the molecule is Cc1noc(C)c1CN1C[C@H](O)C[C@H]1c1ccc(F)cc1. The molecule has 0 unspecified atom stereocenters. The van der Waals surface area contributed by atoms with E-state index in [-0.39, 0.29) is 18.0 Å². The summed E-state index contributed by atoms with van der Waals surface area (Å²) in [4.78, 5) is 2.20. The monoisotopic (exact) mass is 290 g/mol. The smallest absolute Gasteiger partial charge is 0.138 e. The number of aryl methyl sites for hydroxylation is 2. The molecule has 0 aliphatic carbocycles. The maximum atomic E-state index is 13.1. The summed E-state index contributed by atoms with van der Waals surface area (Å²) in [5.41, 5.74) is 2.97. The van der Waals surface area contributed by atoms with Crippen LogP contribution in [-0.2, 0) is 6.54 Å². The fourth-order valence-corrected chi connectivity index (χ4v) is 3.02. The Bertz CT molecular complexity index is 604. The van der Waals surface area contributed by atoms with E-state index in [9.17, 15) is 9.50 Å². The highest BCUT2D eigenvalue weighted by molar-refractivity contribution is 5.24. The van der Waals surface area contributed by atoms with Crippen molar-refractivity contribution in [3.8, 4) is 0 Å². The molecule has 0 saturated carbocycles. The van der Waals surface area contributed by atoms with Crippen molar-refractivity contribution in [1.82, 2.24) is 10.1 Å². The Labute approximate surface area is 123 Å². The summed E-state index contributed by atoms with van der Waals surface area (Å²) in [6.07, 6.45) is 0.301. The predicted molar refractivity (Wildman–Crippen MR) is 76.2 cm³/mol. The lowest BCUT2D eigenvalue weighted by Gasteiger charge is -2.24. The van der Waals surface area contributed by atoms with E-state index in [1.165, 1.54) is 12.1 Å². The summed E-state index contributed by atoms with van der Waals surface area (Å²) >= 11 is 0. The minimum atomic E-state index is -0.361. The number of β-amino-alcohol motifs (C(OH)–C–C–N with tert-alkyl or cyclic N) is 1. The second-order valence-electron chi connectivity index (χ2n) is 5.69. The molecule has 1 aromatic heterocycles. The standard InChI is InChI=1S/C16H19FN2O2/c1-10-15(11(2)21-18-10)9-19-8-14(20)7-16(19)12-3-5-13(17)6-4-12/h3-6,14,16,20H,7-9H2,1-2H3/t14-,16+/m1/s1. The van der Waals surface area contributed by atoms with Gasteiger partial charge in [0.1, 0.15) is 11.6 Å². The Morgan fingerprint density at radius 2 is 2.05 bits per heavy atom. The third kappa shape index (κ3) is 2.84. The molecule has 1 saturated heterocycles. The van der Waals surface area contributed by atoms with Crippen LogP contribution in [0.2, 0.25) is 0 Å². The molecule has 1 aromatic carbocycles. The number of hydrogen-bond donors (Lipinski definition) is 1. The fourth-order valence-electron chi connectivity index (χ4n) is 3.02. The molecular formula is C16H19FN2O2. The van der Waals surface area contributed by atoms with E-state index in [0.717, 1.165) is 22.6 Å². The molecule has 5 heteroatoms. The van der Waals surface area contributed by atoms with Crippen molar-refractivity contribution in [3.63, 3.8) is 0 Å². The van der Waals surface area contributed by atoms with E-state index in [2.05, 4.69) is 10.1 Å². The number of rotatable bonds is 3. The molecule has 0 radical (unpaired) electrons. The Balaban J connectivity index is 1.84. The lowest BCUT2D eigenvalue weighted by Crippen LogP contribution is -2.24. The minimum absolute atomic E-state index is 0.0919. The normalized spacial score (nSPS) is 22.9. The molecule has 2 aromatic rings. The van der Waals surface area contributed by atoms with Crippen LogP contribution in [0.4, 0.5) is 4.39 Å². The molecule has 2 heterocycles. The van der Waals surface area contributed by atoms with Gasteiger partial charge in [0.05, 0.1) is 11.8 Å². The van der Waals surface area contributed by atoms with Crippen LogP contribution in [0.25, 0.3) is 0 Å². The van der Waals surface area contributed by atoms with Crippen molar-refractivity contribution >= 4 is 0 Å². The van der Waals surface area contributed by atoms with E-state index >= 15 is 0 Å². The molecule has 0 bridgehead atoms. The summed E-state index contributed by atoms with van der Waals surface area (Å²) in [7, 11) is 0. The van der Waals surface area contributed by atoms with Crippen LogP contribution in [0.1, 0.15) is 35.0 Å². The number of aliphatic hydroxyl groups is 1. The lowest BCUT2D eigenvalue weighted by atomic mass is 10.0. The van der Waals surface area contributed by atoms with Crippen LogP contribution >= 0.6 is 0 Å². The molecule has 1 N–H and O–H groups in total. The van der Waals surface area contributed by atoms with Crippen molar-refractivity contribution < 1.29 is 14.0 Å². The second-order valence-corrected chi connectivity index (χ2v) is 5.69. The highest BCUT2D eigenvalue weighted by Gasteiger charge is 2.33. The second kappa shape index (κ2) is 5.58. The molecule has 112 valence electrons.